The Morgan fingerprint density at radius 2 is 1.51 bits per heavy atom. The Hall–Kier alpha value is -2.41. The highest BCUT2D eigenvalue weighted by molar-refractivity contribution is 5.90. The molecule has 258 valence electrons. The van der Waals surface area contributed by atoms with Gasteiger partial charge in [0, 0.05) is 12.0 Å². The number of aliphatic hydroxyl groups is 2. The fourth-order valence-corrected chi connectivity index (χ4v) is 6.50. The highest BCUT2D eigenvalue weighted by Crippen LogP contribution is 2.35. The number of hydrazine groups is 1. The molecule has 2 saturated heterocycles. The molecule has 0 aromatic heterocycles. The maximum Gasteiger partial charge on any atom is 0.429 e. The van der Waals surface area contributed by atoms with Crippen LogP contribution < -0.4 is 5.43 Å². The number of esters is 1. The minimum absolute atomic E-state index is 0.165. The fourth-order valence-electron chi connectivity index (χ4n) is 6.50. The number of amides is 2. The third-order valence-corrected chi connectivity index (χ3v) is 8.86. The Kier molecular flexibility index (Phi) is 15.9. The summed E-state index contributed by atoms with van der Waals surface area (Å²) in [5.74, 6) is -0.380. The molecule has 0 unspecified atom stereocenters. The van der Waals surface area contributed by atoms with Gasteiger partial charge in [-0.25, -0.2) is 24.8 Å². The van der Waals surface area contributed by atoms with E-state index in [4.69, 9.17) is 23.7 Å². The van der Waals surface area contributed by atoms with E-state index in [0.29, 0.717) is 44.1 Å². The number of rotatable bonds is 18. The van der Waals surface area contributed by atoms with Crippen molar-refractivity contribution in [3.63, 3.8) is 0 Å². The smallest absolute Gasteiger partial charge is 0.429 e. The van der Waals surface area contributed by atoms with Gasteiger partial charge in [-0.3, -0.25) is 0 Å². The topological polar surface area (TPSA) is 153 Å². The molecule has 0 radical (unpaired) electrons. The van der Waals surface area contributed by atoms with Gasteiger partial charge >= 0.3 is 18.2 Å². The molecule has 3 rings (SSSR count). The van der Waals surface area contributed by atoms with Crippen molar-refractivity contribution >= 4 is 18.2 Å². The third-order valence-electron chi connectivity index (χ3n) is 8.86. The average Bonchev–Trinajstić information content (AvgIpc) is 3.75. The van der Waals surface area contributed by atoms with Gasteiger partial charge in [-0.15, -0.1) is 0 Å². The van der Waals surface area contributed by atoms with Crippen LogP contribution in [0.15, 0.2) is 11.6 Å². The van der Waals surface area contributed by atoms with Crippen LogP contribution in [0.5, 0.6) is 0 Å². The number of cyclic esters (lactones) is 1. The van der Waals surface area contributed by atoms with E-state index >= 15 is 0 Å². The molecule has 3 aliphatic rings. The molecule has 0 spiro atoms. The number of ether oxygens (including phenoxy) is 5. The SMILES string of the molecule is CCCCCCC[C@H](CCC[C@H](O)[C@H]1CC[C@H]([C@H]2CC[C@H]([C@@H](O)CC3=C[C@H](C)OC3=O)O2)O1)N(NC(=O)OCC)C(=O)OCC. The number of unbranched alkanes of at least 4 members (excludes halogenated alkanes) is 4. The Labute approximate surface area is 268 Å². The number of aliphatic hydroxyl groups excluding tert-OH is 2. The number of hydrogen-bond donors (Lipinski definition) is 3. The van der Waals surface area contributed by atoms with E-state index in [1.54, 1.807) is 26.8 Å². The van der Waals surface area contributed by atoms with Crippen LogP contribution in [0.4, 0.5) is 9.59 Å². The summed E-state index contributed by atoms with van der Waals surface area (Å²) in [6.45, 7) is 7.73. The van der Waals surface area contributed by atoms with Gasteiger partial charge in [0.05, 0.1) is 55.9 Å². The molecule has 2 fully saturated rings. The summed E-state index contributed by atoms with van der Waals surface area (Å²) < 4.78 is 27.8. The van der Waals surface area contributed by atoms with Crippen LogP contribution in [0.1, 0.15) is 118 Å². The highest BCUT2D eigenvalue weighted by Gasteiger charge is 2.41. The number of nitrogens with one attached hydrogen (secondary N) is 1. The van der Waals surface area contributed by atoms with Gasteiger partial charge in [-0.1, -0.05) is 39.0 Å². The minimum Gasteiger partial charge on any atom is -0.455 e. The average molecular weight is 641 g/mol. The zero-order valence-corrected chi connectivity index (χ0v) is 27.6. The lowest BCUT2D eigenvalue weighted by atomic mass is 9.98. The van der Waals surface area contributed by atoms with E-state index in [0.717, 1.165) is 44.9 Å². The van der Waals surface area contributed by atoms with Crippen LogP contribution >= 0.6 is 0 Å². The lowest BCUT2D eigenvalue weighted by Crippen LogP contribution is -2.52. The standard InChI is InChI=1S/C33H56N2O10/c1-5-8-9-10-11-13-24(35(33(40)42-7-3)34-32(39)41-6-2)14-12-15-25(36)27-16-18-29(44-27)30-19-17-28(45-30)26(37)21-23-20-22(4)43-31(23)38/h20,22,24-30,36-37H,5-19,21H2,1-4H3,(H,34,39)/t22-,24+,25-,26-,27+,28+,29+,30+/m0/s1. The summed E-state index contributed by atoms with van der Waals surface area (Å²) in [6.07, 6.45) is 8.41. The zero-order chi connectivity index (χ0) is 32.8. The molecule has 12 nitrogen and oxygen atoms in total. The Bertz CT molecular complexity index is 962. The molecule has 3 N–H and O–H groups in total. The van der Waals surface area contributed by atoms with Crippen LogP contribution in [0, 0.1) is 0 Å². The molecular weight excluding hydrogens is 584 g/mol. The second kappa shape index (κ2) is 19.3. The molecular formula is C33H56N2O10. The maximum absolute atomic E-state index is 12.8. The molecule has 45 heavy (non-hydrogen) atoms. The van der Waals surface area contributed by atoms with Gasteiger partial charge in [-0.2, -0.15) is 0 Å². The highest BCUT2D eigenvalue weighted by atomic mass is 16.6. The van der Waals surface area contributed by atoms with Gasteiger partial charge in [-0.05, 0) is 78.2 Å². The number of carbonyl (C=O) groups is 3. The van der Waals surface area contributed by atoms with Crippen LogP contribution in [0.25, 0.3) is 0 Å². The largest absolute Gasteiger partial charge is 0.455 e. The van der Waals surface area contributed by atoms with E-state index in [-0.39, 0.29) is 62.2 Å². The summed E-state index contributed by atoms with van der Waals surface area (Å²) in [5, 5.41) is 23.0. The predicted octanol–water partition coefficient (Wildman–Crippen LogP) is 5.08. The molecule has 3 aliphatic heterocycles. The first-order chi connectivity index (χ1) is 21.7. The van der Waals surface area contributed by atoms with E-state index in [1.165, 1.54) is 5.01 Å². The second-order valence-electron chi connectivity index (χ2n) is 12.4. The monoisotopic (exact) mass is 640 g/mol. The first kappa shape index (κ1) is 37.1. The van der Waals surface area contributed by atoms with E-state index in [1.807, 2.05) is 0 Å². The second-order valence-corrected chi connectivity index (χ2v) is 12.4. The quantitative estimate of drug-likeness (QED) is 0.0800. The first-order valence-electron chi connectivity index (χ1n) is 17.1. The maximum atomic E-state index is 12.8. The third kappa shape index (κ3) is 11.7. The first-order valence-corrected chi connectivity index (χ1v) is 17.1. The Morgan fingerprint density at radius 1 is 0.889 bits per heavy atom. The van der Waals surface area contributed by atoms with Crippen LogP contribution in [0.2, 0.25) is 0 Å². The summed E-state index contributed by atoms with van der Waals surface area (Å²) in [7, 11) is 0. The van der Waals surface area contributed by atoms with Crippen molar-refractivity contribution in [1.82, 2.24) is 10.4 Å². The van der Waals surface area contributed by atoms with Crippen molar-refractivity contribution in [1.29, 1.82) is 0 Å². The van der Waals surface area contributed by atoms with Crippen molar-refractivity contribution < 1.29 is 48.3 Å². The normalized spacial score (nSPS) is 26.6. The van der Waals surface area contributed by atoms with E-state index in [9.17, 15) is 24.6 Å². The number of hydrogen-bond acceptors (Lipinski definition) is 10. The minimum atomic E-state index is -0.797. The lowest BCUT2D eigenvalue weighted by Gasteiger charge is -2.31. The molecule has 0 bridgehead atoms. The van der Waals surface area contributed by atoms with Gasteiger partial charge < -0.3 is 33.9 Å². The van der Waals surface area contributed by atoms with Crippen molar-refractivity contribution in [3.8, 4) is 0 Å². The molecule has 0 aromatic carbocycles. The number of carbonyl (C=O) groups excluding carboxylic acids is 3. The van der Waals surface area contributed by atoms with Crippen molar-refractivity contribution in [3.05, 3.63) is 11.6 Å². The molecule has 0 aromatic rings. The Morgan fingerprint density at radius 3 is 2.11 bits per heavy atom. The zero-order valence-electron chi connectivity index (χ0n) is 27.6. The predicted molar refractivity (Wildman–Crippen MR) is 166 cm³/mol. The molecule has 0 saturated carbocycles. The Balaban J connectivity index is 1.48. The summed E-state index contributed by atoms with van der Waals surface area (Å²) in [5.41, 5.74) is 3.06. The van der Waals surface area contributed by atoms with E-state index < -0.39 is 24.4 Å². The van der Waals surface area contributed by atoms with Gasteiger partial charge in [0.1, 0.15) is 6.10 Å². The molecule has 3 heterocycles. The van der Waals surface area contributed by atoms with Crippen molar-refractivity contribution in [2.75, 3.05) is 13.2 Å². The molecule has 12 heteroatoms. The molecule has 0 aliphatic carbocycles. The lowest BCUT2D eigenvalue weighted by molar-refractivity contribution is -0.139. The molecule has 2 amide bonds. The van der Waals surface area contributed by atoms with E-state index in [2.05, 4.69) is 12.3 Å². The van der Waals surface area contributed by atoms with Crippen LogP contribution in [-0.2, 0) is 28.5 Å². The van der Waals surface area contributed by atoms with Gasteiger partial charge in [0.25, 0.3) is 0 Å². The van der Waals surface area contributed by atoms with Gasteiger partial charge in [0.15, 0.2) is 0 Å². The van der Waals surface area contributed by atoms with Crippen LogP contribution in [0.3, 0.4) is 0 Å². The van der Waals surface area contributed by atoms with Gasteiger partial charge in [0.2, 0.25) is 0 Å². The van der Waals surface area contributed by atoms with Crippen LogP contribution in [-0.4, -0.2) is 95.4 Å². The van der Waals surface area contributed by atoms with Crippen molar-refractivity contribution in [2.24, 2.45) is 0 Å². The fraction of sp³-hybridized carbons (Fsp3) is 0.848. The molecule has 8 atom stereocenters. The summed E-state index contributed by atoms with van der Waals surface area (Å²) in [4.78, 5) is 37.0. The summed E-state index contributed by atoms with van der Waals surface area (Å²) >= 11 is 0. The summed E-state index contributed by atoms with van der Waals surface area (Å²) in [6, 6.07) is -0.306. The van der Waals surface area contributed by atoms with Crippen molar-refractivity contribution in [2.45, 2.75) is 166 Å². The number of nitrogens with zero attached hydrogens (tertiary/aromatic N) is 1.